The first-order chi connectivity index (χ1) is 10.8. The Hall–Kier alpha value is -2.26. The third kappa shape index (κ3) is 2.28. The van der Waals surface area contributed by atoms with Crippen LogP contribution in [0.1, 0.15) is 24.4 Å². The van der Waals surface area contributed by atoms with Crippen molar-refractivity contribution in [1.29, 1.82) is 0 Å². The van der Waals surface area contributed by atoms with Gasteiger partial charge in [0.15, 0.2) is 6.10 Å². The summed E-state index contributed by atoms with van der Waals surface area (Å²) in [7, 11) is 0. The summed E-state index contributed by atoms with van der Waals surface area (Å²) >= 11 is 0. The Morgan fingerprint density at radius 3 is 2.91 bits per heavy atom. The van der Waals surface area contributed by atoms with Crippen molar-refractivity contribution in [1.82, 2.24) is 4.90 Å². The average Bonchev–Trinajstić information content (AvgIpc) is 3.04. The second kappa shape index (κ2) is 5.50. The first-order valence-corrected chi connectivity index (χ1v) is 7.78. The Bertz CT molecular complexity index is 787. The molecule has 1 aliphatic rings. The van der Waals surface area contributed by atoms with Gasteiger partial charge in [0, 0.05) is 24.0 Å². The average molecular weight is 293 g/mol. The van der Waals surface area contributed by atoms with E-state index in [0.717, 1.165) is 36.5 Å². The van der Waals surface area contributed by atoms with E-state index >= 15 is 0 Å². The summed E-state index contributed by atoms with van der Waals surface area (Å²) in [5.74, 6) is 1.89. The van der Waals surface area contributed by atoms with E-state index in [0.29, 0.717) is 0 Å². The van der Waals surface area contributed by atoms with Gasteiger partial charge in [-0.05, 0) is 24.1 Å². The molecule has 0 bridgehead atoms. The number of furan rings is 1. The fourth-order valence-electron chi connectivity index (χ4n) is 3.17. The minimum absolute atomic E-state index is 0.0514. The molecular weight excluding hydrogens is 274 g/mol. The number of likely N-dealkylation sites (N-methyl/N-ethyl adjacent to an activating group) is 1. The molecule has 1 aromatic heterocycles. The maximum Gasteiger partial charge on any atom is 0.169 e. The van der Waals surface area contributed by atoms with Crippen molar-refractivity contribution in [3.63, 3.8) is 0 Å². The van der Waals surface area contributed by atoms with Crippen LogP contribution in [0.2, 0.25) is 0 Å². The van der Waals surface area contributed by atoms with Gasteiger partial charge in [-0.15, -0.1) is 0 Å². The van der Waals surface area contributed by atoms with Crippen LogP contribution in [0, 0.1) is 0 Å². The molecular formula is C19H19NO2. The van der Waals surface area contributed by atoms with E-state index in [2.05, 4.69) is 42.2 Å². The predicted octanol–water partition coefficient (Wildman–Crippen LogP) is 4.39. The van der Waals surface area contributed by atoms with Crippen molar-refractivity contribution in [2.45, 2.75) is 19.6 Å². The molecule has 2 heterocycles. The van der Waals surface area contributed by atoms with Crippen molar-refractivity contribution in [2.75, 3.05) is 13.1 Å². The minimum Gasteiger partial charge on any atom is -0.480 e. The zero-order chi connectivity index (χ0) is 14.9. The Kier molecular flexibility index (Phi) is 3.35. The van der Waals surface area contributed by atoms with Gasteiger partial charge in [-0.1, -0.05) is 43.3 Å². The van der Waals surface area contributed by atoms with Crippen LogP contribution in [0.15, 0.2) is 59.2 Å². The van der Waals surface area contributed by atoms with Crippen molar-refractivity contribution >= 4 is 10.8 Å². The Morgan fingerprint density at radius 2 is 2.00 bits per heavy atom. The number of ether oxygens (including phenoxy) is 1. The monoisotopic (exact) mass is 293 g/mol. The maximum absolute atomic E-state index is 6.35. The van der Waals surface area contributed by atoms with Crippen LogP contribution in [0.4, 0.5) is 0 Å². The van der Waals surface area contributed by atoms with Gasteiger partial charge in [-0.25, -0.2) is 0 Å². The highest BCUT2D eigenvalue weighted by Crippen LogP contribution is 2.34. The van der Waals surface area contributed by atoms with Crippen molar-refractivity contribution in [3.05, 3.63) is 66.1 Å². The Balaban J connectivity index is 1.71. The second-order valence-electron chi connectivity index (χ2n) is 5.72. The molecule has 0 amide bonds. The third-order valence-electron chi connectivity index (χ3n) is 4.36. The van der Waals surface area contributed by atoms with Gasteiger partial charge in [0.2, 0.25) is 0 Å². The molecule has 1 atom stereocenters. The largest absolute Gasteiger partial charge is 0.480 e. The van der Waals surface area contributed by atoms with Gasteiger partial charge >= 0.3 is 0 Å². The molecule has 3 aromatic rings. The fourth-order valence-corrected chi connectivity index (χ4v) is 3.17. The van der Waals surface area contributed by atoms with E-state index in [1.54, 1.807) is 6.26 Å². The molecule has 0 spiro atoms. The predicted molar refractivity (Wildman–Crippen MR) is 87.0 cm³/mol. The molecule has 112 valence electrons. The maximum atomic E-state index is 6.35. The SMILES string of the molecule is CCN1Cc2ccoc2C(Oc2cccc3ccccc23)C1. The summed E-state index contributed by atoms with van der Waals surface area (Å²) < 4.78 is 12.0. The van der Waals surface area contributed by atoms with E-state index in [9.17, 15) is 0 Å². The highest BCUT2D eigenvalue weighted by Gasteiger charge is 2.29. The molecule has 0 N–H and O–H groups in total. The Morgan fingerprint density at radius 1 is 1.14 bits per heavy atom. The van der Waals surface area contributed by atoms with E-state index in [1.807, 2.05) is 18.2 Å². The number of hydrogen-bond donors (Lipinski definition) is 0. The van der Waals surface area contributed by atoms with Crippen LogP contribution >= 0.6 is 0 Å². The fraction of sp³-hybridized carbons (Fsp3) is 0.263. The first-order valence-electron chi connectivity index (χ1n) is 7.78. The lowest BCUT2D eigenvalue weighted by atomic mass is 10.1. The minimum atomic E-state index is -0.0514. The summed E-state index contributed by atoms with van der Waals surface area (Å²) in [4.78, 5) is 2.38. The number of nitrogens with zero attached hydrogens (tertiary/aromatic N) is 1. The van der Waals surface area contributed by atoms with Crippen LogP contribution in [-0.4, -0.2) is 18.0 Å². The molecule has 0 radical (unpaired) electrons. The van der Waals surface area contributed by atoms with Crippen molar-refractivity contribution in [2.24, 2.45) is 0 Å². The highest BCUT2D eigenvalue weighted by atomic mass is 16.5. The molecule has 0 saturated heterocycles. The van der Waals surface area contributed by atoms with Crippen LogP contribution < -0.4 is 4.74 Å². The highest BCUT2D eigenvalue weighted by molar-refractivity contribution is 5.88. The summed E-state index contributed by atoms with van der Waals surface area (Å²) in [6.07, 6.45) is 1.72. The van der Waals surface area contributed by atoms with Gasteiger partial charge in [-0.2, -0.15) is 0 Å². The second-order valence-corrected chi connectivity index (χ2v) is 5.72. The van der Waals surface area contributed by atoms with Gasteiger partial charge in [0.25, 0.3) is 0 Å². The lowest BCUT2D eigenvalue weighted by Crippen LogP contribution is -2.35. The van der Waals surface area contributed by atoms with Crippen molar-refractivity contribution in [3.8, 4) is 5.75 Å². The molecule has 3 heteroatoms. The van der Waals surface area contributed by atoms with Gasteiger partial charge in [-0.3, -0.25) is 4.90 Å². The van der Waals surface area contributed by atoms with E-state index in [-0.39, 0.29) is 6.10 Å². The number of hydrogen-bond acceptors (Lipinski definition) is 3. The van der Waals surface area contributed by atoms with Crippen LogP contribution in [-0.2, 0) is 6.54 Å². The number of fused-ring (bicyclic) bond motifs is 2. The zero-order valence-electron chi connectivity index (χ0n) is 12.7. The quantitative estimate of drug-likeness (QED) is 0.716. The van der Waals surface area contributed by atoms with Crippen LogP contribution in [0.25, 0.3) is 10.8 Å². The molecule has 0 aliphatic carbocycles. The van der Waals surface area contributed by atoms with Gasteiger partial charge in [0.1, 0.15) is 11.5 Å². The van der Waals surface area contributed by atoms with E-state index in [1.165, 1.54) is 10.9 Å². The summed E-state index contributed by atoms with van der Waals surface area (Å²) in [6, 6.07) is 16.6. The molecule has 4 rings (SSSR count). The van der Waals surface area contributed by atoms with Crippen molar-refractivity contribution < 1.29 is 9.15 Å². The number of rotatable bonds is 3. The Labute approximate surface area is 130 Å². The zero-order valence-corrected chi connectivity index (χ0v) is 12.7. The van der Waals surface area contributed by atoms with E-state index in [4.69, 9.17) is 9.15 Å². The molecule has 0 saturated carbocycles. The summed E-state index contributed by atoms with van der Waals surface area (Å²) in [5, 5.41) is 2.34. The third-order valence-corrected chi connectivity index (χ3v) is 4.36. The molecule has 1 aliphatic heterocycles. The molecule has 2 aromatic carbocycles. The molecule has 1 unspecified atom stereocenters. The summed E-state index contributed by atoms with van der Waals surface area (Å²) in [5.41, 5.74) is 1.23. The first kappa shape index (κ1) is 13.4. The summed E-state index contributed by atoms with van der Waals surface area (Å²) in [6.45, 7) is 5.00. The van der Waals surface area contributed by atoms with Gasteiger partial charge in [0.05, 0.1) is 6.26 Å². The van der Waals surface area contributed by atoms with E-state index < -0.39 is 0 Å². The molecule has 3 nitrogen and oxygen atoms in total. The topological polar surface area (TPSA) is 25.6 Å². The van der Waals surface area contributed by atoms with Gasteiger partial charge < -0.3 is 9.15 Å². The smallest absolute Gasteiger partial charge is 0.169 e. The number of benzene rings is 2. The normalized spacial score (nSPS) is 18.3. The van der Waals surface area contributed by atoms with Crippen LogP contribution in [0.5, 0.6) is 5.75 Å². The standard InChI is InChI=1S/C19H19NO2/c1-2-20-12-15-10-11-21-19(15)18(13-20)22-17-9-5-7-14-6-3-4-8-16(14)17/h3-11,18H,2,12-13H2,1H3. The van der Waals surface area contributed by atoms with Crippen LogP contribution in [0.3, 0.4) is 0 Å². The molecule has 22 heavy (non-hydrogen) atoms. The lowest BCUT2D eigenvalue weighted by Gasteiger charge is -2.31. The molecule has 0 fully saturated rings. The lowest BCUT2D eigenvalue weighted by molar-refractivity contribution is 0.0964.